The van der Waals surface area contributed by atoms with Crippen LogP contribution in [0.5, 0.6) is 5.75 Å². The Morgan fingerprint density at radius 2 is 1.88 bits per heavy atom. The van der Waals surface area contributed by atoms with Crippen LogP contribution in [0.15, 0.2) is 41.2 Å². The molecule has 1 aromatic heterocycles. The van der Waals surface area contributed by atoms with E-state index in [0.29, 0.717) is 33.2 Å². The van der Waals surface area contributed by atoms with Crippen LogP contribution >= 0.6 is 23.2 Å². The number of benzene rings is 2. The van der Waals surface area contributed by atoms with E-state index in [1.807, 2.05) is 12.1 Å². The molecular weight excluding hydrogens is 375 g/mol. The Balaban J connectivity index is 1.87. The van der Waals surface area contributed by atoms with E-state index in [2.05, 4.69) is 5.32 Å². The molecule has 132 valence electrons. The molecule has 0 saturated heterocycles. The minimum atomic E-state index is -0.701. The smallest absolute Gasteiger partial charge is 0.267 e. The van der Waals surface area contributed by atoms with Crippen LogP contribution in [0.2, 0.25) is 10.0 Å². The minimum Gasteiger partial charge on any atom is -0.506 e. The molecule has 0 fully saturated rings. The molecule has 1 amide bonds. The van der Waals surface area contributed by atoms with E-state index >= 15 is 0 Å². The fourth-order valence-corrected chi connectivity index (χ4v) is 3.97. The van der Waals surface area contributed by atoms with Crippen molar-refractivity contribution in [2.45, 2.75) is 19.4 Å². The molecule has 2 aromatic carbocycles. The monoisotopic (exact) mass is 388 g/mol. The fraction of sp³-hybridized carbons (Fsp3) is 0.158. The predicted molar refractivity (Wildman–Crippen MR) is 103 cm³/mol. The topological polar surface area (TPSA) is 71.3 Å². The number of nitrogens with zero attached hydrogens (tertiary/aromatic N) is 1. The van der Waals surface area contributed by atoms with Crippen molar-refractivity contribution in [3.05, 3.63) is 67.9 Å². The van der Waals surface area contributed by atoms with Crippen LogP contribution < -0.4 is 10.9 Å². The first-order valence-corrected chi connectivity index (χ1v) is 8.86. The third-order valence-electron chi connectivity index (χ3n) is 4.52. The van der Waals surface area contributed by atoms with Crippen LogP contribution in [0.4, 0.5) is 5.69 Å². The third-order valence-corrected chi connectivity index (χ3v) is 4.95. The molecule has 26 heavy (non-hydrogen) atoms. The molecule has 0 spiro atoms. The second-order valence-electron chi connectivity index (χ2n) is 6.21. The summed E-state index contributed by atoms with van der Waals surface area (Å²) in [4.78, 5) is 25.6. The summed E-state index contributed by atoms with van der Waals surface area (Å²) < 4.78 is 1.56. The van der Waals surface area contributed by atoms with Gasteiger partial charge in [-0.15, -0.1) is 0 Å². The van der Waals surface area contributed by atoms with Crippen molar-refractivity contribution in [2.75, 3.05) is 5.32 Å². The highest BCUT2D eigenvalue weighted by atomic mass is 35.5. The largest absolute Gasteiger partial charge is 0.506 e. The summed E-state index contributed by atoms with van der Waals surface area (Å²) in [5.74, 6) is -1.01. The lowest BCUT2D eigenvalue weighted by atomic mass is 9.99. The number of aryl methyl sites for hydroxylation is 2. The third kappa shape index (κ3) is 2.73. The van der Waals surface area contributed by atoms with E-state index in [9.17, 15) is 14.7 Å². The maximum atomic E-state index is 12.9. The normalized spacial score (nSPS) is 13.0. The van der Waals surface area contributed by atoms with Crippen LogP contribution in [0.25, 0.3) is 10.9 Å². The number of carbonyl (C=O) groups is 1. The van der Waals surface area contributed by atoms with Gasteiger partial charge in [-0.3, -0.25) is 9.59 Å². The quantitative estimate of drug-likeness (QED) is 0.690. The Morgan fingerprint density at radius 3 is 2.62 bits per heavy atom. The standard InChI is InChI=1S/C19H14Cl2N2O3/c20-11-7-12(21)9-13(8-11)22-18(25)15-17(24)14-5-1-3-10-4-2-6-23(16(10)14)19(15)26/h1,3,5,7-9,24H,2,4,6H2,(H,22,25). The summed E-state index contributed by atoms with van der Waals surface area (Å²) in [7, 11) is 0. The molecule has 3 aromatic rings. The fourth-order valence-electron chi connectivity index (χ4n) is 3.44. The van der Waals surface area contributed by atoms with Gasteiger partial charge >= 0.3 is 0 Å². The number of amides is 1. The van der Waals surface area contributed by atoms with Gasteiger partial charge in [0.05, 0.1) is 5.52 Å². The number of pyridine rings is 1. The molecule has 2 heterocycles. The van der Waals surface area contributed by atoms with E-state index in [-0.39, 0.29) is 11.3 Å². The zero-order chi connectivity index (χ0) is 18.4. The molecule has 1 aliphatic heterocycles. The van der Waals surface area contributed by atoms with Crippen molar-refractivity contribution < 1.29 is 9.90 Å². The van der Waals surface area contributed by atoms with Gasteiger partial charge in [-0.1, -0.05) is 35.3 Å². The van der Waals surface area contributed by atoms with Crippen LogP contribution in [-0.4, -0.2) is 15.6 Å². The first-order valence-electron chi connectivity index (χ1n) is 8.10. The average Bonchev–Trinajstić information content (AvgIpc) is 2.58. The predicted octanol–water partition coefficient (Wildman–Crippen LogP) is 4.21. The van der Waals surface area contributed by atoms with Crippen molar-refractivity contribution in [3.8, 4) is 5.75 Å². The van der Waals surface area contributed by atoms with Crippen molar-refractivity contribution in [2.24, 2.45) is 0 Å². The molecule has 0 radical (unpaired) electrons. The van der Waals surface area contributed by atoms with Crippen LogP contribution in [0.1, 0.15) is 22.3 Å². The van der Waals surface area contributed by atoms with Crippen LogP contribution in [-0.2, 0) is 13.0 Å². The second kappa shape index (κ2) is 6.34. The van der Waals surface area contributed by atoms with Gasteiger partial charge in [0.2, 0.25) is 0 Å². The van der Waals surface area contributed by atoms with Gasteiger partial charge in [0.15, 0.2) is 0 Å². The first-order chi connectivity index (χ1) is 12.5. The molecule has 0 aliphatic carbocycles. The van der Waals surface area contributed by atoms with Gasteiger partial charge in [-0.2, -0.15) is 0 Å². The lowest BCUT2D eigenvalue weighted by Gasteiger charge is -2.21. The van der Waals surface area contributed by atoms with Crippen LogP contribution in [0, 0.1) is 0 Å². The molecule has 7 heteroatoms. The van der Waals surface area contributed by atoms with E-state index in [4.69, 9.17) is 23.2 Å². The Kier molecular flexibility index (Phi) is 4.13. The Hall–Kier alpha value is -2.50. The number of rotatable bonds is 2. The van der Waals surface area contributed by atoms with Crippen LogP contribution in [0.3, 0.4) is 0 Å². The number of aromatic hydroxyl groups is 1. The lowest BCUT2D eigenvalue weighted by Crippen LogP contribution is -2.31. The van der Waals surface area contributed by atoms with Crippen molar-refractivity contribution in [3.63, 3.8) is 0 Å². The van der Waals surface area contributed by atoms with Gasteiger partial charge < -0.3 is 15.0 Å². The first kappa shape index (κ1) is 16.9. The number of hydrogen-bond acceptors (Lipinski definition) is 3. The van der Waals surface area contributed by atoms with Crippen molar-refractivity contribution >= 4 is 45.7 Å². The van der Waals surface area contributed by atoms with E-state index in [0.717, 1.165) is 18.4 Å². The Morgan fingerprint density at radius 1 is 1.15 bits per heavy atom. The highest BCUT2D eigenvalue weighted by Gasteiger charge is 2.25. The van der Waals surface area contributed by atoms with E-state index in [1.54, 1.807) is 10.6 Å². The Bertz CT molecular complexity index is 1100. The van der Waals surface area contributed by atoms with Gasteiger partial charge in [-0.25, -0.2) is 0 Å². The summed E-state index contributed by atoms with van der Waals surface area (Å²) in [5, 5.41) is 14.4. The summed E-state index contributed by atoms with van der Waals surface area (Å²) >= 11 is 11.9. The van der Waals surface area contributed by atoms with Gasteiger partial charge in [0.25, 0.3) is 11.5 Å². The molecule has 0 unspecified atom stereocenters. The SMILES string of the molecule is O=C(Nc1cc(Cl)cc(Cl)c1)c1c(O)c2cccc3c2n(c1=O)CCC3. The number of aromatic nitrogens is 1. The molecule has 2 N–H and O–H groups in total. The summed E-state index contributed by atoms with van der Waals surface area (Å²) in [5.41, 5.74) is 1.25. The Labute approximate surface area is 158 Å². The molecular formula is C19H14Cl2N2O3. The number of hydrogen-bond donors (Lipinski definition) is 2. The van der Waals surface area contributed by atoms with Crippen molar-refractivity contribution in [1.29, 1.82) is 0 Å². The second-order valence-corrected chi connectivity index (χ2v) is 7.08. The molecule has 1 aliphatic rings. The maximum absolute atomic E-state index is 12.9. The molecule has 5 nitrogen and oxygen atoms in total. The highest BCUT2D eigenvalue weighted by molar-refractivity contribution is 6.35. The lowest BCUT2D eigenvalue weighted by molar-refractivity contribution is 0.102. The average molecular weight is 389 g/mol. The zero-order valence-corrected chi connectivity index (χ0v) is 15.1. The van der Waals surface area contributed by atoms with Gasteiger partial charge in [0.1, 0.15) is 11.3 Å². The van der Waals surface area contributed by atoms with E-state index < -0.39 is 11.5 Å². The molecule has 0 bridgehead atoms. The van der Waals surface area contributed by atoms with Gasteiger partial charge in [0, 0.05) is 27.7 Å². The van der Waals surface area contributed by atoms with E-state index in [1.165, 1.54) is 18.2 Å². The molecule has 4 rings (SSSR count). The number of anilines is 1. The number of nitrogens with one attached hydrogen (secondary N) is 1. The number of para-hydroxylation sites is 1. The van der Waals surface area contributed by atoms with Gasteiger partial charge in [-0.05, 0) is 42.7 Å². The highest BCUT2D eigenvalue weighted by Crippen LogP contribution is 2.32. The zero-order valence-electron chi connectivity index (χ0n) is 13.6. The maximum Gasteiger partial charge on any atom is 0.267 e. The molecule has 0 saturated carbocycles. The number of halogens is 2. The summed E-state index contributed by atoms with van der Waals surface area (Å²) in [6.45, 7) is 0.510. The summed E-state index contributed by atoms with van der Waals surface area (Å²) in [6.07, 6.45) is 1.64. The molecule has 0 atom stereocenters. The number of carbonyl (C=O) groups excluding carboxylic acids is 1. The minimum absolute atomic E-state index is 0.285. The summed E-state index contributed by atoms with van der Waals surface area (Å²) in [6, 6.07) is 10.0. The van der Waals surface area contributed by atoms with Crippen molar-refractivity contribution in [1.82, 2.24) is 4.57 Å².